The Balaban J connectivity index is 2.19. The van der Waals surface area contributed by atoms with Crippen LogP contribution in [0, 0.1) is 6.57 Å². The van der Waals surface area contributed by atoms with Crippen LogP contribution in [0.2, 0.25) is 0 Å². The fourth-order valence-electron chi connectivity index (χ4n) is 2.90. The highest BCUT2D eigenvalue weighted by Crippen LogP contribution is 2.38. The minimum atomic E-state index is -4.63. The molecule has 0 heterocycles. The van der Waals surface area contributed by atoms with Crippen molar-refractivity contribution in [2.75, 3.05) is 18.0 Å². The Bertz CT molecular complexity index is 844. The lowest BCUT2D eigenvalue weighted by Crippen LogP contribution is -2.38. The largest absolute Gasteiger partial charge is 0.407 e. The van der Waals surface area contributed by atoms with Gasteiger partial charge in [0.25, 0.3) is 0 Å². The number of benzene rings is 2. The molecule has 2 aromatic carbocycles. The smallest absolute Gasteiger partial charge is 0.362 e. The summed E-state index contributed by atoms with van der Waals surface area (Å²) in [5.41, 5.74) is -0.225. The second kappa shape index (κ2) is 9.27. The Morgan fingerprint density at radius 2 is 1.89 bits per heavy atom. The van der Waals surface area contributed by atoms with Gasteiger partial charge in [0.1, 0.15) is 0 Å². The second-order valence-corrected chi connectivity index (χ2v) is 6.43. The van der Waals surface area contributed by atoms with Crippen LogP contribution in [-0.4, -0.2) is 19.0 Å². The fraction of sp³-hybridized carbons (Fsp3) is 0.333. The molecule has 0 aliphatic heterocycles. The second-order valence-electron chi connectivity index (χ2n) is 6.43. The molecule has 0 saturated carbocycles. The van der Waals surface area contributed by atoms with E-state index >= 15 is 0 Å². The maximum absolute atomic E-state index is 13.2. The van der Waals surface area contributed by atoms with Crippen LogP contribution >= 0.6 is 0 Å². The maximum atomic E-state index is 13.2. The van der Waals surface area contributed by atoms with Crippen LogP contribution < -0.4 is 10.2 Å². The van der Waals surface area contributed by atoms with Gasteiger partial charge in [0.2, 0.25) is 5.91 Å². The molecular formula is C21H22F3N3O. The van der Waals surface area contributed by atoms with E-state index in [-0.39, 0.29) is 24.2 Å². The third-order valence-corrected chi connectivity index (χ3v) is 4.28. The number of alkyl halides is 3. The van der Waals surface area contributed by atoms with E-state index in [1.54, 1.807) is 4.90 Å². The number of nitrogens with zero attached hydrogens (tertiary/aromatic N) is 2. The molecule has 1 atom stereocenters. The third-order valence-electron chi connectivity index (χ3n) is 4.28. The van der Waals surface area contributed by atoms with Crippen molar-refractivity contribution >= 4 is 17.3 Å². The van der Waals surface area contributed by atoms with Crippen molar-refractivity contribution in [3.8, 4) is 0 Å². The summed E-state index contributed by atoms with van der Waals surface area (Å²) in [6, 6.07) is 12.7. The lowest BCUT2D eigenvalue weighted by Gasteiger charge is -2.26. The third kappa shape index (κ3) is 5.49. The predicted molar refractivity (Wildman–Crippen MR) is 103 cm³/mol. The van der Waals surface area contributed by atoms with Gasteiger partial charge >= 0.3 is 6.18 Å². The van der Waals surface area contributed by atoms with E-state index in [4.69, 9.17) is 6.57 Å². The summed E-state index contributed by atoms with van der Waals surface area (Å²) in [6.45, 7) is 11.0. The van der Waals surface area contributed by atoms with E-state index in [9.17, 15) is 18.0 Å². The van der Waals surface area contributed by atoms with E-state index in [0.29, 0.717) is 13.0 Å². The highest BCUT2D eigenvalue weighted by Gasteiger charge is 2.34. The minimum Gasteiger partial charge on any atom is -0.362 e. The average Bonchev–Trinajstić information content (AvgIpc) is 2.67. The molecule has 148 valence electrons. The number of carbonyl (C=O) groups excluding carboxylic acids is 1. The van der Waals surface area contributed by atoms with Crippen LogP contribution in [0.4, 0.5) is 24.5 Å². The van der Waals surface area contributed by atoms with Crippen LogP contribution in [0.25, 0.3) is 4.85 Å². The molecule has 0 saturated heterocycles. The summed E-state index contributed by atoms with van der Waals surface area (Å²) >= 11 is 0. The molecule has 28 heavy (non-hydrogen) atoms. The van der Waals surface area contributed by atoms with Gasteiger partial charge in [0.15, 0.2) is 5.69 Å². The van der Waals surface area contributed by atoms with Crippen molar-refractivity contribution < 1.29 is 18.0 Å². The molecule has 2 rings (SSSR count). The molecule has 0 aromatic heterocycles. The zero-order valence-corrected chi connectivity index (χ0v) is 15.8. The molecule has 0 fully saturated rings. The summed E-state index contributed by atoms with van der Waals surface area (Å²) < 4.78 is 39.7. The van der Waals surface area contributed by atoms with Crippen molar-refractivity contribution in [2.24, 2.45) is 0 Å². The van der Waals surface area contributed by atoms with Gasteiger partial charge in [-0.15, -0.1) is 0 Å². The quantitative estimate of drug-likeness (QED) is 0.648. The normalized spacial score (nSPS) is 12.1. The van der Waals surface area contributed by atoms with Gasteiger partial charge in [-0.2, -0.15) is 13.2 Å². The average molecular weight is 389 g/mol. The molecule has 0 aliphatic carbocycles. The van der Waals surface area contributed by atoms with E-state index in [0.717, 1.165) is 17.7 Å². The highest BCUT2D eigenvalue weighted by molar-refractivity contribution is 5.82. The molecule has 0 spiro atoms. The highest BCUT2D eigenvalue weighted by atomic mass is 19.4. The molecule has 2 aromatic rings. The summed E-state index contributed by atoms with van der Waals surface area (Å²) in [7, 11) is 0. The zero-order chi connectivity index (χ0) is 20.7. The number of nitrogens with one attached hydrogen (secondary N) is 1. The van der Waals surface area contributed by atoms with Gasteiger partial charge in [-0.3, -0.25) is 4.79 Å². The summed E-state index contributed by atoms with van der Waals surface area (Å²) in [6.07, 6.45) is -3.97. The number of rotatable bonds is 7. The molecule has 1 amide bonds. The van der Waals surface area contributed by atoms with Crippen LogP contribution in [-0.2, 0) is 11.0 Å². The topological polar surface area (TPSA) is 36.7 Å². The van der Waals surface area contributed by atoms with Gasteiger partial charge in [0, 0.05) is 12.2 Å². The maximum Gasteiger partial charge on any atom is 0.407 e. The monoisotopic (exact) mass is 389 g/mol. The number of hydrogen-bond acceptors (Lipinski definition) is 2. The van der Waals surface area contributed by atoms with Crippen molar-refractivity contribution in [1.82, 2.24) is 5.32 Å². The Morgan fingerprint density at radius 1 is 1.21 bits per heavy atom. The van der Waals surface area contributed by atoms with Crippen LogP contribution in [0.3, 0.4) is 0 Å². The molecule has 1 N–H and O–H groups in total. The number of anilines is 1. The lowest BCUT2D eigenvalue weighted by molar-refractivity contribution is -0.136. The first-order valence-corrected chi connectivity index (χ1v) is 8.94. The van der Waals surface area contributed by atoms with Crippen molar-refractivity contribution in [3.63, 3.8) is 0 Å². The van der Waals surface area contributed by atoms with Crippen LogP contribution in [0.1, 0.15) is 37.4 Å². The Labute approximate surface area is 162 Å². The van der Waals surface area contributed by atoms with Gasteiger partial charge in [-0.1, -0.05) is 43.3 Å². The molecular weight excluding hydrogens is 367 g/mol. The van der Waals surface area contributed by atoms with Gasteiger partial charge in [-0.05, 0) is 31.0 Å². The molecule has 0 bridgehead atoms. The first kappa shape index (κ1) is 21.3. The molecule has 0 aliphatic rings. The fourth-order valence-corrected chi connectivity index (χ4v) is 2.90. The summed E-state index contributed by atoms with van der Waals surface area (Å²) in [5.74, 6) is -0.285. The SMILES string of the molecule is [C-]#[N+]c1ccc(N(CCC)CC(=O)N[C@H](C)c2ccccc2)cc1C(F)(F)F. The molecule has 0 radical (unpaired) electrons. The standard InChI is InChI=1S/C21H22F3N3O/c1-4-12-27(14-20(28)26-15(2)16-8-6-5-7-9-16)17-10-11-19(25-3)18(13-17)21(22,23)24/h5-11,13,15H,4,12,14H2,1-2H3,(H,26,28)/t15-/m1/s1. The zero-order valence-electron chi connectivity index (χ0n) is 15.8. The van der Waals surface area contributed by atoms with Crippen molar-refractivity contribution in [3.05, 3.63) is 71.1 Å². The number of hydrogen-bond donors (Lipinski definition) is 1. The molecule has 0 unspecified atom stereocenters. The van der Waals surface area contributed by atoms with E-state index in [1.165, 1.54) is 6.07 Å². The Kier molecular flexibility index (Phi) is 7.05. The summed E-state index contributed by atoms with van der Waals surface area (Å²) in [4.78, 5) is 17.0. The molecule has 7 heteroatoms. The molecule has 4 nitrogen and oxygen atoms in total. The van der Waals surface area contributed by atoms with E-state index in [1.807, 2.05) is 44.2 Å². The Morgan fingerprint density at radius 3 is 2.46 bits per heavy atom. The first-order valence-electron chi connectivity index (χ1n) is 8.94. The van der Waals surface area contributed by atoms with Crippen molar-refractivity contribution in [1.29, 1.82) is 0 Å². The van der Waals surface area contributed by atoms with E-state index in [2.05, 4.69) is 10.2 Å². The number of halogens is 3. The predicted octanol–water partition coefficient (Wildman–Crippen LogP) is 5.35. The lowest BCUT2D eigenvalue weighted by atomic mass is 10.1. The van der Waals surface area contributed by atoms with E-state index < -0.39 is 17.4 Å². The Hall–Kier alpha value is -3.01. The number of carbonyl (C=O) groups is 1. The van der Waals surface area contributed by atoms with Gasteiger partial charge < -0.3 is 10.2 Å². The summed E-state index contributed by atoms with van der Waals surface area (Å²) in [5, 5.41) is 2.87. The van der Waals surface area contributed by atoms with Crippen LogP contribution in [0.15, 0.2) is 48.5 Å². The van der Waals surface area contributed by atoms with Crippen LogP contribution in [0.5, 0.6) is 0 Å². The first-order chi connectivity index (χ1) is 13.3. The minimum absolute atomic E-state index is 0.0698. The van der Waals surface area contributed by atoms with Gasteiger partial charge in [-0.25, -0.2) is 4.85 Å². The van der Waals surface area contributed by atoms with Gasteiger partial charge in [0.05, 0.1) is 24.7 Å². The van der Waals surface area contributed by atoms with Crippen molar-refractivity contribution in [2.45, 2.75) is 32.5 Å². The number of amides is 1.